The van der Waals surface area contributed by atoms with Crippen molar-refractivity contribution in [1.82, 2.24) is 14.7 Å². The van der Waals surface area contributed by atoms with Gasteiger partial charge in [-0.3, -0.25) is 9.59 Å². The number of amides is 1. The molecule has 2 aromatic carbocycles. The molecule has 1 aliphatic heterocycles. The molecule has 0 aliphatic carbocycles. The van der Waals surface area contributed by atoms with Crippen molar-refractivity contribution in [3.63, 3.8) is 0 Å². The minimum Gasteiger partial charge on any atom is -0.503 e. The summed E-state index contributed by atoms with van der Waals surface area (Å²) in [6, 6.07) is 16.4. The summed E-state index contributed by atoms with van der Waals surface area (Å²) in [5.41, 5.74) is 1.01. The monoisotopic (exact) mass is 576 g/mol. The van der Waals surface area contributed by atoms with E-state index in [0.29, 0.717) is 25.1 Å². The molecule has 8 nitrogen and oxygen atoms in total. The van der Waals surface area contributed by atoms with Gasteiger partial charge in [-0.1, -0.05) is 50.8 Å². The number of aromatic nitrogens is 2. The van der Waals surface area contributed by atoms with Gasteiger partial charge in [0.1, 0.15) is 12.5 Å². The molecule has 1 fully saturated rings. The minimum absolute atomic E-state index is 0.0127. The maximum atomic E-state index is 14.3. The van der Waals surface area contributed by atoms with Crippen LogP contribution in [0.5, 0.6) is 5.75 Å². The predicted molar refractivity (Wildman–Crippen MR) is 157 cm³/mol. The van der Waals surface area contributed by atoms with Crippen LogP contribution in [0.3, 0.4) is 0 Å². The second-order valence-electron chi connectivity index (χ2n) is 11.9. The molecule has 0 saturated carbocycles. The van der Waals surface area contributed by atoms with Crippen LogP contribution in [0.25, 0.3) is 0 Å². The summed E-state index contributed by atoms with van der Waals surface area (Å²) in [6.45, 7) is 9.71. The van der Waals surface area contributed by atoms with E-state index >= 15 is 0 Å². The van der Waals surface area contributed by atoms with Crippen LogP contribution < -0.4 is 5.43 Å². The van der Waals surface area contributed by atoms with Gasteiger partial charge < -0.3 is 14.7 Å². The standard InChI is InChI=1S/C31H37FN4O4Si/c1-21(28(24-7-5-8-25(32)17-24)23-12-10-22(18-33)11-13-23)26-9-6-14-36(26)31(39)29-30(38)27(37)19-35(34-29)20-40-15-16-41(2,3)4/h5,7-8,10-13,17,19,21,26,28,37H,6,9,14-16,20H2,1-4H3/t21-,26+,28+/m0/s1. The fraction of sp³-hybridized carbons (Fsp3) is 0.419. The van der Waals surface area contributed by atoms with Gasteiger partial charge in [-0.15, -0.1) is 0 Å². The van der Waals surface area contributed by atoms with Gasteiger partial charge in [-0.25, -0.2) is 9.07 Å². The summed E-state index contributed by atoms with van der Waals surface area (Å²) in [6.07, 6.45) is 2.61. The van der Waals surface area contributed by atoms with E-state index in [-0.39, 0.29) is 36.1 Å². The summed E-state index contributed by atoms with van der Waals surface area (Å²) in [5, 5.41) is 23.9. The highest BCUT2D eigenvalue weighted by atomic mass is 28.3. The van der Waals surface area contributed by atoms with Crippen molar-refractivity contribution in [3.8, 4) is 11.8 Å². The molecule has 1 amide bonds. The van der Waals surface area contributed by atoms with Crippen molar-refractivity contribution in [2.24, 2.45) is 5.92 Å². The van der Waals surface area contributed by atoms with Gasteiger partial charge in [0.25, 0.3) is 11.3 Å². The first-order chi connectivity index (χ1) is 19.5. The lowest BCUT2D eigenvalue weighted by Gasteiger charge is -2.35. The number of hydrogen-bond acceptors (Lipinski definition) is 6. The SMILES string of the molecule is C[C@H]([C@H](c1ccc(C#N)cc1)c1cccc(F)c1)[C@H]1CCCN1C(=O)c1nn(COCC[Si](C)(C)C)cc(O)c1=O. The summed E-state index contributed by atoms with van der Waals surface area (Å²) in [7, 11) is -1.30. The molecule has 41 heavy (non-hydrogen) atoms. The number of ether oxygens (including phenoxy) is 1. The molecular formula is C31H37FN4O4Si. The number of nitriles is 1. The summed E-state index contributed by atoms with van der Waals surface area (Å²) in [5.74, 6) is -1.90. The normalized spacial score (nSPS) is 16.8. The first-order valence-corrected chi connectivity index (χ1v) is 17.6. The third-order valence-corrected chi connectivity index (χ3v) is 9.37. The number of benzene rings is 2. The molecule has 10 heteroatoms. The van der Waals surface area contributed by atoms with E-state index in [4.69, 9.17) is 4.74 Å². The maximum Gasteiger partial charge on any atom is 0.278 e. The Balaban J connectivity index is 1.62. The zero-order valence-corrected chi connectivity index (χ0v) is 25.0. The van der Waals surface area contributed by atoms with Crippen LogP contribution in [-0.2, 0) is 11.5 Å². The van der Waals surface area contributed by atoms with E-state index in [2.05, 4.69) is 30.8 Å². The Hall–Kier alpha value is -3.81. The molecule has 1 aliphatic rings. The molecule has 216 valence electrons. The predicted octanol–water partition coefficient (Wildman–Crippen LogP) is 5.34. The molecule has 0 bridgehead atoms. The van der Waals surface area contributed by atoms with Crippen LogP contribution in [0.1, 0.15) is 52.9 Å². The zero-order valence-electron chi connectivity index (χ0n) is 24.0. The van der Waals surface area contributed by atoms with Crippen molar-refractivity contribution < 1.29 is 19.0 Å². The zero-order chi connectivity index (χ0) is 29.7. The molecule has 1 aromatic heterocycles. The van der Waals surface area contributed by atoms with Gasteiger partial charge in [-0.2, -0.15) is 10.4 Å². The van der Waals surface area contributed by atoms with E-state index in [0.717, 1.165) is 23.6 Å². The lowest BCUT2D eigenvalue weighted by Crippen LogP contribution is -2.43. The van der Waals surface area contributed by atoms with E-state index in [1.807, 2.05) is 25.1 Å². The van der Waals surface area contributed by atoms with E-state index in [1.54, 1.807) is 23.1 Å². The van der Waals surface area contributed by atoms with Crippen molar-refractivity contribution in [2.45, 2.75) is 64.1 Å². The summed E-state index contributed by atoms with van der Waals surface area (Å²) in [4.78, 5) is 28.3. The third-order valence-electron chi connectivity index (χ3n) is 7.67. The fourth-order valence-corrected chi connectivity index (χ4v) is 6.24. The maximum absolute atomic E-state index is 14.3. The van der Waals surface area contributed by atoms with E-state index < -0.39 is 25.2 Å². The Kier molecular flexibility index (Phi) is 9.41. The van der Waals surface area contributed by atoms with Crippen LogP contribution >= 0.6 is 0 Å². The van der Waals surface area contributed by atoms with Crippen LogP contribution in [0.2, 0.25) is 25.7 Å². The lowest BCUT2D eigenvalue weighted by atomic mass is 9.77. The Morgan fingerprint density at radius 2 is 1.95 bits per heavy atom. The van der Waals surface area contributed by atoms with Crippen molar-refractivity contribution in [3.05, 3.63) is 93.2 Å². The largest absolute Gasteiger partial charge is 0.503 e. The van der Waals surface area contributed by atoms with E-state index in [1.165, 1.54) is 23.0 Å². The van der Waals surface area contributed by atoms with E-state index in [9.17, 15) is 24.3 Å². The number of likely N-dealkylation sites (tertiary alicyclic amines) is 1. The van der Waals surface area contributed by atoms with Gasteiger partial charge in [-0.05, 0) is 60.2 Å². The lowest BCUT2D eigenvalue weighted by molar-refractivity contribution is 0.0645. The highest BCUT2D eigenvalue weighted by Crippen LogP contribution is 2.39. The number of carbonyl (C=O) groups is 1. The Morgan fingerprint density at radius 3 is 2.61 bits per heavy atom. The molecule has 0 spiro atoms. The van der Waals surface area contributed by atoms with Crippen molar-refractivity contribution >= 4 is 14.0 Å². The molecule has 0 radical (unpaired) electrons. The Labute approximate surface area is 241 Å². The van der Waals surface area contributed by atoms with Crippen LogP contribution in [0.15, 0.2) is 59.5 Å². The number of aromatic hydroxyl groups is 1. The van der Waals surface area contributed by atoms with Crippen LogP contribution in [0, 0.1) is 23.1 Å². The van der Waals surface area contributed by atoms with Gasteiger partial charge in [0.05, 0.1) is 17.8 Å². The third kappa shape index (κ3) is 7.29. The van der Waals surface area contributed by atoms with Crippen LogP contribution in [-0.4, -0.2) is 53.0 Å². The first-order valence-electron chi connectivity index (χ1n) is 13.9. The highest BCUT2D eigenvalue weighted by molar-refractivity contribution is 6.76. The summed E-state index contributed by atoms with van der Waals surface area (Å²) < 4.78 is 21.3. The summed E-state index contributed by atoms with van der Waals surface area (Å²) >= 11 is 0. The molecule has 0 unspecified atom stereocenters. The average molecular weight is 577 g/mol. The number of rotatable bonds is 10. The topological polar surface area (TPSA) is 108 Å². The number of carbonyl (C=O) groups excluding carboxylic acids is 1. The first kappa shape index (κ1) is 30.2. The smallest absolute Gasteiger partial charge is 0.278 e. The van der Waals surface area contributed by atoms with Crippen molar-refractivity contribution in [2.75, 3.05) is 13.2 Å². The minimum atomic E-state index is -1.30. The number of nitrogens with zero attached hydrogens (tertiary/aromatic N) is 4. The second-order valence-corrected chi connectivity index (χ2v) is 17.5. The number of halogens is 1. The molecule has 1 saturated heterocycles. The molecule has 4 rings (SSSR count). The highest BCUT2D eigenvalue weighted by Gasteiger charge is 2.39. The Morgan fingerprint density at radius 1 is 1.22 bits per heavy atom. The van der Waals surface area contributed by atoms with Gasteiger partial charge in [0.15, 0.2) is 11.4 Å². The van der Waals surface area contributed by atoms with Gasteiger partial charge >= 0.3 is 0 Å². The Bertz CT molecular complexity index is 1480. The van der Waals surface area contributed by atoms with Gasteiger partial charge in [0, 0.05) is 33.2 Å². The van der Waals surface area contributed by atoms with Crippen molar-refractivity contribution in [1.29, 1.82) is 5.26 Å². The molecule has 1 N–H and O–H groups in total. The van der Waals surface area contributed by atoms with Crippen LogP contribution in [0.4, 0.5) is 4.39 Å². The molecule has 3 atom stereocenters. The fourth-order valence-electron chi connectivity index (χ4n) is 5.48. The second kappa shape index (κ2) is 12.8. The quantitative estimate of drug-likeness (QED) is 0.258. The molecule has 2 heterocycles. The average Bonchev–Trinajstić information content (AvgIpc) is 3.43. The molecular weight excluding hydrogens is 539 g/mol. The number of hydrogen-bond donors (Lipinski definition) is 1. The molecule has 3 aromatic rings. The van der Waals surface area contributed by atoms with Gasteiger partial charge in [0.2, 0.25) is 0 Å².